The zero-order valence-electron chi connectivity index (χ0n) is 11.1. The number of anilines is 1. The average molecular weight is 251 g/mol. The first-order valence-corrected chi connectivity index (χ1v) is 6.62. The quantitative estimate of drug-likeness (QED) is 0.835. The second kappa shape index (κ2) is 5.42. The molecule has 0 amide bonds. The predicted molar refractivity (Wildman–Crippen MR) is 69.1 cm³/mol. The molecule has 1 aromatic rings. The second-order valence-corrected chi connectivity index (χ2v) is 5.00. The zero-order valence-corrected chi connectivity index (χ0v) is 11.1. The smallest absolute Gasteiger partial charge is 0.361 e. The van der Waals surface area contributed by atoms with Gasteiger partial charge in [0.2, 0.25) is 0 Å². The lowest BCUT2D eigenvalue weighted by molar-refractivity contribution is 0.000157. The number of esters is 1. The number of ether oxygens (including phenoxy) is 1. The van der Waals surface area contributed by atoms with Gasteiger partial charge in [-0.05, 0) is 31.6 Å². The molecule has 0 aromatic carbocycles. The van der Waals surface area contributed by atoms with Crippen molar-refractivity contribution in [2.75, 3.05) is 5.73 Å². The Morgan fingerprint density at radius 1 is 1.56 bits per heavy atom. The third-order valence-corrected chi connectivity index (χ3v) is 3.67. The summed E-state index contributed by atoms with van der Waals surface area (Å²) in [5.74, 6) is 0.0890. The van der Waals surface area contributed by atoms with E-state index in [1.165, 1.54) is 11.1 Å². The molecule has 5 heteroatoms. The minimum absolute atomic E-state index is 0.0256. The standard InChI is InChI=1S/C13H21N3O2/c1-3-9-6-4-5-7-11(9)18-13(17)12-10(14)8-16(2)15-12/h8-9,11H,3-7,14H2,1-2H3. The van der Waals surface area contributed by atoms with E-state index in [1.807, 2.05) is 0 Å². The highest BCUT2D eigenvalue weighted by Crippen LogP contribution is 2.29. The van der Waals surface area contributed by atoms with Crippen LogP contribution in [-0.2, 0) is 11.8 Å². The van der Waals surface area contributed by atoms with Crippen molar-refractivity contribution in [3.05, 3.63) is 11.9 Å². The Balaban J connectivity index is 2.04. The molecule has 18 heavy (non-hydrogen) atoms. The lowest BCUT2D eigenvalue weighted by Gasteiger charge is -2.30. The van der Waals surface area contributed by atoms with Gasteiger partial charge in [-0.25, -0.2) is 4.79 Å². The minimum Gasteiger partial charge on any atom is -0.457 e. The first kappa shape index (κ1) is 12.9. The number of aryl methyl sites for hydroxylation is 1. The van der Waals surface area contributed by atoms with Crippen LogP contribution in [0.4, 0.5) is 5.69 Å². The van der Waals surface area contributed by atoms with E-state index in [-0.39, 0.29) is 11.8 Å². The molecule has 0 saturated heterocycles. The lowest BCUT2D eigenvalue weighted by Crippen LogP contribution is -2.30. The Morgan fingerprint density at radius 3 is 2.89 bits per heavy atom. The fourth-order valence-corrected chi connectivity index (χ4v) is 2.65. The fourth-order valence-electron chi connectivity index (χ4n) is 2.65. The summed E-state index contributed by atoms with van der Waals surface area (Å²) in [7, 11) is 1.74. The second-order valence-electron chi connectivity index (χ2n) is 5.00. The van der Waals surface area contributed by atoms with Crippen LogP contribution in [0.2, 0.25) is 0 Å². The van der Waals surface area contributed by atoms with Crippen molar-refractivity contribution in [1.82, 2.24) is 9.78 Å². The van der Waals surface area contributed by atoms with Crippen molar-refractivity contribution in [3.63, 3.8) is 0 Å². The van der Waals surface area contributed by atoms with Crippen LogP contribution in [0.25, 0.3) is 0 Å². The van der Waals surface area contributed by atoms with Crippen molar-refractivity contribution in [3.8, 4) is 0 Å². The topological polar surface area (TPSA) is 70.1 Å². The highest BCUT2D eigenvalue weighted by molar-refractivity contribution is 5.92. The summed E-state index contributed by atoms with van der Waals surface area (Å²) >= 11 is 0. The monoisotopic (exact) mass is 251 g/mol. The number of rotatable bonds is 3. The molecule has 1 aromatic heterocycles. The molecule has 2 N–H and O–H groups in total. The normalized spacial score (nSPS) is 23.9. The molecule has 1 aliphatic carbocycles. The van der Waals surface area contributed by atoms with Gasteiger partial charge in [0.25, 0.3) is 0 Å². The maximum absolute atomic E-state index is 12.0. The van der Waals surface area contributed by atoms with Crippen molar-refractivity contribution in [1.29, 1.82) is 0 Å². The fraction of sp³-hybridized carbons (Fsp3) is 0.692. The predicted octanol–water partition coefficient (Wildman–Crippen LogP) is 2.13. The highest BCUT2D eigenvalue weighted by Gasteiger charge is 2.28. The Bertz CT molecular complexity index is 428. The van der Waals surface area contributed by atoms with E-state index >= 15 is 0 Å². The van der Waals surface area contributed by atoms with Gasteiger partial charge in [0.1, 0.15) is 6.10 Å². The SMILES string of the molecule is CCC1CCCCC1OC(=O)c1nn(C)cc1N. The Labute approximate surface area is 107 Å². The third-order valence-electron chi connectivity index (χ3n) is 3.67. The number of nitrogen functional groups attached to an aromatic ring is 1. The van der Waals surface area contributed by atoms with Crippen molar-refractivity contribution >= 4 is 11.7 Å². The molecule has 0 spiro atoms. The highest BCUT2D eigenvalue weighted by atomic mass is 16.5. The van der Waals surface area contributed by atoms with Crippen molar-refractivity contribution in [2.24, 2.45) is 13.0 Å². The summed E-state index contributed by atoms with van der Waals surface area (Å²) in [4.78, 5) is 12.0. The van der Waals surface area contributed by atoms with Crippen molar-refractivity contribution in [2.45, 2.75) is 45.1 Å². The number of carbonyl (C=O) groups is 1. The van der Waals surface area contributed by atoms with Gasteiger partial charge in [-0.1, -0.05) is 13.3 Å². The van der Waals surface area contributed by atoms with Crippen LogP contribution in [0.3, 0.4) is 0 Å². The van der Waals surface area contributed by atoms with Gasteiger partial charge in [-0.15, -0.1) is 0 Å². The maximum atomic E-state index is 12.0. The van der Waals surface area contributed by atoms with E-state index in [1.54, 1.807) is 13.2 Å². The van der Waals surface area contributed by atoms with Gasteiger partial charge < -0.3 is 10.5 Å². The lowest BCUT2D eigenvalue weighted by atomic mass is 9.85. The zero-order chi connectivity index (χ0) is 13.1. The van der Waals surface area contributed by atoms with E-state index in [9.17, 15) is 4.79 Å². The van der Waals surface area contributed by atoms with Crippen LogP contribution in [0.15, 0.2) is 6.20 Å². The van der Waals surface area contributed by atoms with E-state index < -0.39 is 5.97 Å². The molecule has 2 rings (SSSR count). The summed E-state index contributed by atoms with van der Waals surface area (Å²) in [6.45, 7) is 2.14. The molecule has 0 bridgehead atoms. The van der Waals surface area contributed by atoms with Crippen LogP contribution in [0, 0.1) is 5.92 Å². The molecular weight excluding hydrogens is 230 g/mol. The number of aromatic nitrogens is 2. The summed E-state index contributed by atoms with van der Waals surface area (Å²) in [5.41, 5.74) is 6.35. The molecule has 2 unspecified atom stereocenters. The minimum atomic E-state index is -0.390. The molecule has 1 fully saturated rings. The number of carbonyl (C=O) groups excluding carboxylic acids is 1. The first-order chi connectivity index (χ1) is 8.61. The van der Waals surface area contributed by atoms with E-state index in [4.69, 9.17) is 10.5 Å². The first-order valence-electron chi connectivity index (χ1n) is 6.62. The number of hydrogen-bond acceptors (Lipinski definition) is 4. The Morgan fingerprint density at radius 2 is 2.28 bits per heavy atom. The van der Waals surface area contributed by atoms with Crippen LogP contribution in [-0.4, -0.2) is 21.9 Å². The van der Waals surface area contributed by atoms with Gasteiger partial charge in [0, 0.05) is 13.2 Å². The molecule has 2 atom stereocenters. The molecule has 100 valence electrons. The van der Waals surface area contributed by atoms with Crippen LogP contribution in [0.5, 0.6) is 0 Å². The van der Waals surface area contributed by atoms with Gasteiger partial charge in [0.05, 0.1) is 5.69 Å². The van der Waals surface area contributed by atoms with Gasteiger partial charge in [-0.2, -0.15) is 5.10 Å². The molecule has 0 radical (unpaired) electrons. The van der Waals surface area contributed by atoms with E-state index in [0.29, 0.717) is 11.6 Å². The molecule has 1 aliphatic rings. The van der Waals surface area contributed by atoms with Crippen LogP contribution in [0.1, 0.15) is 49.5 Å². The van der Waals surface area contributed by atoms with Crippen molar-refractivity contribution < 1.29 is 9.53 Å². The summed E-state index contributed by atoms with van der Waals surface area (Å²) in [6, 6.07) is 0. The van der Waals surface area contributed by atoms with Crippen LogP contribution >= 0.6 is 0 Å². The number of hydrogen-bond donors (Lipinski definition) is 1. The molecule has 5 nitrogen and oxygen atoms in total. The van der Waals surface area contributed by atoms with E-state index in [0.717, 1.165) is 25.7 Å². The maximum Gasteiger partial charge on any atom is 0.361 e. The Kier molecular flexibility index (Phi) is 3.89. The molecular formula is C13H21N3O2. The van der Waals surface area contributed by atoms with Gasteiger partial charge in [0.15, 0.2) is 5.69 Å². The number of nitrogens with two attached hydrogens (primary N) is 1. The van der Waals surface area contributed by atoms with E-state index in [2.05, 4.69) is 12.0 Å². The summed E-state index contributed by atoms with van der Waals surface area (Å²) < 4.78 is 7.11. The summed E-state index contributed by atoms with van der Waals surface area (Å²) in [5, 5.41) is 4.04. The Hall–Kier alpha value is -1.52. The molecule has 0 aliphatic heterocycles. The molecule has 1 saturated carbocycles. The third kappa shape index (κ3) is 2.66. The van der Waals surface area contributed by atoms with Gasteiger partial charge >= 0.3 is 5.97 Å². The largest absolute Gasteiger partial charge is 0.457 e. The number of nitrogens with zero attached hydrogens (tertiary/aromatic N) is 2. The van der Waals surface area contributed by atoms with Crippen LogP contribution < -0.4 is 5.73 Å². The molecule has 1 heterocycles. The average Bonchev–Trinajstić information content (AvgIpc) is 2.69. The van der Waals surface area contributed by atoms with Gasteiger partial charge in [-0.3, -0.25) is 4.68 Å². The summed E-state index contributed by atoms with van der Waals surface area (Å²) in [6.07, 6.45) is 7.16.